The molecule has 3 rings (SSSR count). The average Bonchev–Trinajstić information content (AvgIpc) is 2.94. The van der Waals surface area contributed by atoms with Crippen molar-refractivity contribution in [3.8, 4) is 0 Å². The monoisotopic (exact) mass is 343 g/mol. The van der Waals surface area contributed by atoms with Gasteiger partial charge in [-0.25, -0.2) is 0 Å². The number of hydrogen-bond acceptors (Lipinski definition) is 3. The van der Waals surface area contributed by atoms with E-state index in [0.29, 0.717) is 0 Å². The highest BCUT2D eigenvalue weighted by atomic mass is 19.4. The van der Waals surface area contributed by atoms with Crippen LogP contribution in [0.5, 0.6) is 0 Å². The molecule has 0 aliphatic carbocycles. The van der Waals surface area contributed by atoms with Crippen LogP contribution < -0.4 is 0 Å². The van der Waals surface area contributed by atoms with Crippen LogP contribution in [0.2, 0.25) is 0 Å². The summed E-state index contributed by atoms with van der Waals surface area (Å²) < 4.78 is 44.6. The number of ether oxygens (including phenoxy) is 1. The van der Waals surface area contributed by atoms with Crippen LogP contribution in [-0.4, -0.2) is 48.2 Å². The summed E-state index contributed by atoms with van der Waals surface area (Å²) in [7, 11) is 0. The first-order chi connectivity index (χ1) is 11.3. The number of carbonyl (C=O) groups excluding carboxylic acids is 1. The van der Waals surface area contributed by atoms with Gasteiger partial charge < -0.3 is 14.7 Å². The Hall–Kier alpha value is -2.09. The number of carbonyl (C=O) groups is 2. The van der Waals surface area contributed by atoms with Crippen LogP contribution in [0.15, 0.2) is 24.3 Å². The molecule has 2 aliphatic heterocycles. The Labute approximate surface area is 136 Å². The zero-order valence-electron chi connectivity index (χ0n) is 12.7. The number of benzene rings is 1. The number of likely N-dealkylation sites (tertiary alicyclic amines) is 1. The molecular weight excluding hydrogens is 327 g/mol. The van der Waals surface area contributed by atoms with Crippen molar-refractivity contribution < 1.29 is 32.6 Å². The second-order valence-electron chi connectivity index (χ2n) is 6.21. The Morgan fingerprint density at radius 2 is 2.00 bits per heavy atom. The van der Waals surface area contributed by atoms with E-state index >= 15 is 0 Å². The summed E-state index contributed by atoms with van der Waals surface area (Å²) in [5, 5.41) is 9.58. The number of aliphatic carboxylic acids is 1. The van der Waals surface area contributed by atoms with Crippen molar-refractivity contribution in [2.75, 3.05) is 26.3 Å². The summed E-state index contributed by atoms with van der Waals surface area (Å²) >= 11 is 0. The molecule has 0 radical (unpaired) electrons. The molecule has 5 nitrogen and oxygen atoms in total. The topological polar surface area (TPSA) is 66.8 Å². The first-order valence-electron chi connectivity index (χ1n) is 7.52. The standard InChI is InChI=1S/C16H16F3NO4/c17-16(18,19)12-4-2-1-3-11(12)13(21)20-7-10-8-24-6-5-15(10,9-20)14(22)23/h1-4,10H,5-9H2,(H,22,23)/t10-,15+/m0/s1. The van der Waals surface area contributed by atoms with Gasteiger partial charge >= 0.3 is 12.1 Å². The van der Waals surface area contributed by atoms with Gasteiger partial charge in [0.15, 0.2) is 0 Å². The van der Waals surface area contributed by atoms with Gasteiger partial charge in [0, 0.05) is 25.6 Å². The Balaban J connectivity index is 1.92. The average molecular weight is 343 g/mol. The fraction of sp³-hybridized carbons (Fsp3) is 0.500. The summed E-state index contributed by atoms with van der Waals surface area (Å²) in [6.07, 6.45) is -4.40. The molecule has 0 saturated carbocycles. The first kappa shape index (κ1) is 16.8. The van der Waals surface area contributed by atoms with Gasteiger partial charge in [-0.2, -0.15) is 13.2 Å². The molecule has 2 saturated heterocycles. The molecular formula is C16H16F3NO4. The largest absolute Gasteiger partial charge is 0.481 e. The van der Waals surface area contributed by atoms with Crippen molar-refractivity contribution in [2.24, 2.45) is 11.3 Å². The Kier molecular flexibility index (Phi) is 4.03. The van der Waals surface area contributed by atoms with E-state index in [1.807, 2.05) is 0 Å². The van der Waals surface area contributed by atoms with E-state index in [-0.39, 0.29) is 32.7 Å². The SMILES string of the molecule is O=C(c1ccccc1C(F)(F)F)N1C[C@H]2COCC[C@@]2(C(=O)O)C1. The fourth-order valence-corrected chi connectivity index (χ4v) is 3.54. The third kappa shape index (κ3) is 2.64. The summed E-state index contributed by atoms with van der Waals surface area (Å²) in [5.74, 6) is -2.24. The number of carboxylic acids is 1. The minimum absolute atomic E-state index is 0.0807. The molecule has 1 amide bonds. The van der Waals surface area contributed by atoms with E-state index in [9.17, 15) is 27.9 Å². The van der Waals surface area contributed by atoms with E-state index in [4.69, 9.17) is 4.74 Å². The second kappa shape index (κ2) is 5.77. The van der Waals surface area contributed by atoms with E-state index in [1.165, 1.54) is 17.0 Å². The van der Waals surface area contributed by atoms with E-state index in [0.717, 1.165) is 12.1 Å². The van der Waals surface area contributed by atoms with Crippen LogP contribution in [0.25, 0.3) is 0 Å². The van der Waals surface area contributed by atoms with Gasteiger partial charge in [0.05, 0.1) is 23.1 Å². The van der Waals surface area contributed by atoms with Crippen molar-refractivity contribution in [1.82, 2.24) is 4.90 Å². The summed E-state index contributed by atoms with van der Waals surface area (Å²) in [6.45, 7) is 0.444. The van der Waals surface area contributed by atoms with Gasteiger partial charge in [0.25, 0.3) is 5.91 Å². The number of nitrogens with zero attached hydrogens (tertiary/aromatic N) is 1. The predicted octanol–water partition coefficient (Wildman–Crippen LogP) is 2.27. The van der Waals surface area contributed by atoms with E-state index < -0.39 is 40.5 Å². The lowest BCUT2D eigenvalue weighted by Crippen LogP contribution is -2.45. The first-order valence-corrected chi connectivity index (χ1v) is 7.52. The van der Waals surface area contributed by atoms with Gasteiger partial charge in [0.2, 0.25) is 0 Å². The molecule has 2 fully saturated rings. The lowest BCUT2D eigenvalue weighted by atomic mass is 9.74. The van der Waals surface area contributed by atoms with Crippen molar-refractivity contribution in [2.45, 2.75) is 12.6 Å². The van der Waals surface area contributed by atoms with Crippen LogP contribution >= 0.6 is 0 Å². The zero-order valence-corrected chi connectivity index (χ0v) is 12.7. The van der Waals surface area contributed by atoms with Gasteiger partial charge in [-0.3, -0.25) is 9.59 Å². The number of carboxylic acid groups (broad SMARTS) is 1. The molecule has 8 heteroatoms. The third-order valence-corrected chi connectivity index (χ3v) is 4.88. The molecule has 1 aromatic carbocycles. The summed E-state index contributed by atoms with van der Waals surface area (Å²) in [4.78, 5) is 25.5. The molecule has 2 heterocycles. The molecule has 0 aromatic heterocycles. The summed E-state index contributed by atoms with van der Waals surface area (Å²) in [5.41, 5.74) is -2.60. The van der Waals surface area contributed by atoms with Crippen LogP contribution in [0.4, 0.5) is 13.2 Å². The van der Waals surface area contributed by atoms with Crippen LogP contribution in [0, 0.1) is 11.3 Å². The van der Waals surface area contributed by atoms with Crippen molar-refractivity contribution in [1.29, 1.82) is 0 Å². The molecule has 1 aromatic rings. The molecule has 0 spiro atoms. The molecule has 0 unspecified atom stereocenters. The highest BCUT2D eigenvalue weighted by Gasteiger charge is 2.55. The fourth-order valence-electron chi connectivity index (χ4n) is 3.54. The molecule has 130 valence electrons. The number of fused-ring (bicyclic) bond motifs is 1. The maximum Gasteiger partial charge on any atom is 0.417 e. The van der Waals surface area contributed by atoms with Gasteiger partial charge in [-0.1, -0.05) is 12.1 Å². The number of halogens is 3. The van der Waals surface area contributed by atoms with Crippen LogP contribution in [-0.2, 0) is 15.7 Å². The zero-order chi connectivity index (χ0) is 17.5. The number of alkyl halides is 3. The van der Waals surface area contributed by atoms with Crippen molar-refractivity contribution in [3.63, 3.8) is 0 Å². The molecule has 1 N–H and O–H groups in total. The third-order valence-electron chi connectivity index (χ3n) is 4.88. The lowest BCUT2D eigenvalue weighted by molar-refractivity contribution is -0.157. The van der Waals surface area contributed by atoms with E-state index in [2.05, 4.69) is 0 Å². The Morgan fingerprint density at radius 1 is 1.29 bits per heavy atom. The minimum Gasteiger partial charge on any atom is -0.481 e. The normalized spacial score (nSPS) is 27.0. The Morgan fingerprint density at radius 3 is 2.62 bits per heavy atom. The van der Waals surface area contributed by atoms with Gasteiger partial charge in [-0.05, 0) is 18.6 Å². The Bertz CT molecular complexity index is 676. The highest BCUT2D eigenvalue weighted by Crippen LogP contribution is 2.43. The number of hydrogen-bond donors (Lipinski definition) is 1. The number of amides is 1. The smallest absolute Gasteiger partial charge is 0.417 e. The second-order valence-corrected chi connectivity index (χ2v) is 6.21. The van der Waals surface area contributed by atoms with Crippen LogP contribution in [0.1, 0.15) is 22.3 Å². The maximum atomic E-state index is 13.1. The maximum absolute atomic E-state index is 13.1. The number of rotatable bonds is 2. The molecule has 2 atom stereocenters. The highest BCUT2D eigenvalue weighted by molar-refractivity contribution is 5.96. The van der Waals surface area contributed by atoms with Gasteiger partial charge in [-0.15, -0.1) is 0 Å². The van der Waals surface area contributed by atoms with Crippen molar-refractivity contribution >= 4 is 11.9 Å². The quantitative estimate of drug-likeness (QED) is 0.895. The van der Waals surface area contributed by atoms with Gasteiger partial charge in [0.1, 0.15) is 0 Å². The lowest BCUT2D eigenvalue weighted by Gasteiger charge is -2.33. The predicted molar refractivity (Wildman–Crippen MR) is 76.3 cm³/mol. The molecule has 0 bridgehead atoms. The van der Waals surface area contributed by atoms with Crippen molar-refractivity contribution in [3.05, 3.63) is 35.4 Å². The molecule has 24 heavy (non-hydrogen) atoms. The van der Waals surface area contributed by atoms with Crippen LogP contribution in [0.3, 0.4) is 0 Å². The summed E-state index contributed by atoms with van der Waals surface area (Å²) in [6, 6.07) is 4.56. The minimum atomic E-state index is -4.65. The van der Waals surface area contributed by atoms with E-state index in [1.54, 1.807) is 0 Å². The molecule has 2 aliphatic rings.